The van der Waals surface area contributed by atoms with Gasteiger partial charge < -0.3 is 10.3 Å². The van der Waals surface area contributed by atoms with E-state index < -0.39 is 0 Å². The number of hydrogen-bond acceptors (Lipinski definition) is 3. The van der Waals surface area contributed by atoms with Crippen molar-refractivity contribution in [2.45, 2.75) is 53.5 Å². The van der Waals surface area contributed by atoms with Crippen molar-refractivity contribution < 1.29 is 0 Å². The highest BCUT2D eigenvalue weighted by atomic mass is 15.1. The van der Waals surface area contributed by atoms with Crippen molar-refractivity contribution >= 4 is 16.9 Å². The molecule has 2 heterocycles. The first-order chi connectivity index (χ1) is 8.47. The average molecular weight is 246 g/mol. The maximum absolute atomic E-state index is 6.05. The topological polar surface area (TPSA) is 56.7 Å². The third-order valence-electron chi connectivity index (χ3n) is 3.68. The third-order valence-corrected chi connectivity index (χ3v) is 3.68. The number of nitrogens with two attached hydrogens (primary N) is 1. The fourth-order valence-corrected chi connectivity index (χ4v) is 2.72. The van der Waals surface area contributed by atoms with Crippen LogP contribution in [0, 0.1) is 20.8 Å². The van der Waals surface area contributed by atoms with Crippen molar-refractivity contribution in [3.8, 4) is 0 Å². The summed E-state index contributed by atoms with van der Waals surface area (Å²) in [4.78, 5) is 8.87. The van der Waals surface area contributed by atoms with Crippen LogP contribution in [0.5, 0.6) is 0 Å². The van der Waals surface area contributed by atoms with E-state index >= 15 is 0 Å². The summed E-state index contributed by atoms with van der Waals surface area (Å²) in [5.41, 5.74) is 9.48. The van der Waals surface area contributed by atoms with Gasteiger partial charge in [0, 0.05) is 11.7 Å². The molecule has 1 unspecified atom stereocenters. The van der Waals surface area contributed by atoms with Gasteiger partial charge in [0.15, 0.2) is 0 Å². The van der Waals surface area contributed by atoms with Crippen LogP contribution < -0.4 is 5.73 Å². The van der Waals surface area contributed by atoms with Gasteiger partial charge in [0.25, 0.3) is 0 Å². The highest BCUT2D eigenvalue weighted by molar-refractivity contribution is 5.91. The predicted molar refractivity (Wildman–Crippen MR) is 75.8 cm³/mol. The molecule has 1 atom stereocenters. The lowest BCUT2D eigenvalue weighted by Crippen LogP contribution is -2.08. The van der Waals surface area contributed by atoms with Crippen LogP contribution in [0.2, 0.25) is 0 Å². The van der Waals surface area contributed by atoms with Crippen LogP contribution in [-0.2, 0) is 0 Å². The van der Waals surface area contributed by atoms with E-state index in [1.165, 1.54) is 17.7 Å². The zero-order chi connectivity index (χ0) is 13.4. The van der Waals surface area contributed by atoms with Gasteiger partial charge in [-0.3, -0.25) is 0 Å². The largest absolute Gasteiger partial charge is 0.383 e. The summed E-state index contributed by atoms with van der Waals surface area (Å²) in [6, 6.07) is 0.444. The molecule has 2 N–H and O–H groups in total. The molecule has 0 saturated carbocycles. The van der Waals surface area contributed by atoms with E-state index in [2.05, 4.69) is 42.2 Å². The maximum Gasteiger partial charge on any atom is 0.146 e. The summed E-state index contributed by atoms with van der Waals surface area (Å²) in [5, 5.41) is 1.01. The molecule has 2 aromatic rings. The number of aryl methyl sites for hydroxylation is 2. The second kappa shape index (κ2) is 4.59. The number of nitrogens with zero attached hydrogens (tertiary/aromatic N) is 3. The standard InChI is InChI=1S/C14H22N4/c1-6-7-8(2)18-10(4)9(3)12-13(15)16-11(5)17-14(12)18/h8H,6-7H2,1-5H3,(H2,15,16,17). The molecule has 0 aliphatic rings. The molecule has 0 radical (unpaired) electrons. The second-order valence-corrected chi connectivity index (χ2v) is 5.07. The van der Waals surface area contributed by atoms with E-state index in [4.69, 9.17) is 5.73 Å². The summed E-state index contributed by atoms with van der Waals surface area (Å²) in [7, 11) is 0. The van der Waals surface area contributed by atoms with Crippen LogP contribution in [0.15, 0.2) is 0 Å². The minimum absolute atomic E-state index is 0.444. The van der Waals surface area contributed by atoms with Crippen molar-refractivity contribution in [2.24, 2.45) is 0 Å². The Bertz CT molecular complexity index is 583. The normalized spacial score (nSPS) is 13.2. The Labute approximate surface area is 108 Å². The van der Waals surface area contributed by atoms with E-state index in [1.807, 2.05) is 6.92 Å². The predicted octanol–water partition coefficient (Wildman–Crippen LogP) is 3.30. The molecule has 98 valence electrons. The van der Waals surface area contributed by atoms with Crippen LogP contribution >= 0.6 is 0 Å². The zero-order valence-corrected chi connectivity index (χ0v) is 11.9. The molecule has 0 spiro atoms. The lowest BCUT2D eigenvalue weighted by molar-refractivity contribution is 0.502. The lowest BCUT2D eigenvalue weighted by atomic mass is 10.2. The van der Waals surface area contributed by atoms with Gasteiger partial charge in [-0.25, -0.2) is 9.97 Å². The first-order valence-corrected chi connectivity index (χ1v) is 6.58. The van der Waals surface area contributed by atoms with Crippen LogP contribution in [0.25, 0.3) is 11.0 Å². The van der Waals surface area contributed by atoms with Crippen LogP contribution in [-0.4, -0.2) is 14.5 Å². The van der Waals surface area contributed by atoms with Crippen molar-refractivity contribution in [1.82, 2.24) is 14.5 Å². The molecule has 0 fully saturated rings. The van der Waals surface area contributed by atoms with E-state index in [-0.39, 0.29) is 0 Å². The zero-order valence-electron chi connectivity index (χ0n) is 11.9. The molecule has 0 aliphatic carbocycles. The summed E-state index contributed by atoms with van der Waals surface area (Å²) in [6.45, 7) is 10.6. The number of aromatic nitrogens is 3. The van der Waals surface area contributed by atoms with Crippen molar-refractivity contribution in [1.29, 1.82) is 0 Å². The SMILES string of the molecule is CCCC(C)n1c(C)c(C)c2c(N)nc(C)nc21. The van der Waals surface area contributed by atoms with Crippen LogP contribution in [0.3, 0.4) is 0 Å². The first kappa shape index (κ1) is 12.9. The number of rotatable bonds is 3. The Kier molecular flexibility index (Phi) is 3.28. The molecule has 2 aromatic heterocycles. The van der Waals surface area contributed by atoms with Gasteiger partial charge in [-0.2, -0.15) is 0 Å². The molecule has 4 nitrogen and oxygen atoms in total. The maximum atomic E-state index is 6.05. The minimum atomic E-state index is 0.444. The Morgan fingerprint density at radius 2 is 1.89 bits per heavy atom. The highest BCUT2D eigenvalue weighted by Gasteiger charge is 2.19. The van der Waals surface area contributed by atoms with Gasteiger partial charge in [-0.05, 0) is 39.7 Å². The molecule has 0 aromatic carbocycles. The van der Waals surface area contributed by atoms with E-state index in [0.717, 1.165) is 23.3 Å². The van der Waals surface area contributed by atoms with Gasteiger partial charge in [-0.15, -0.1) is 0 Å². The van der Waals surface area contributed by atoms with Gasteiger partial charge in [0.05, 0.1) is 5.39 Å². The van der Waals surface area contributed by atoms with Gasteiger partial charge in [0.1, 0.15) is 17.3 Å². The van der Waals surface area contributed by atoms with Crippen LogP contribution in [0.1, 0.15) is 49.8 Å². The monoisotopic (exact) mass is 246 g/mol. The summed E-state index contributed by atoms with van der Waals surface area (Å²) < 4.78 is 2.30. The highest BCUT2D eigenvalue weighted by Crippen LogP contribution is 2.31. The molecule has 4 heteroatoms. The Balaban J connectivity index is 2.76. The molecular weight excluding hydrogens is 224 g/mol. The molecule has 18 heavy (non-hydrogen) atoms. The molecule has 0 bridgehead atoms. The van der Waals surface area contributed by atoms with Gasteiger partial charge in [-0.1, -0.05) is 13.3 Å². The Morgan fingerprint density at radius 1 is 1.22 bits per heavy atom. The number of nitrogen functional groups attached to an aromatic ring is 1. The second-order valence-electron chi connectivity index (χ2n) is 5.07. The first-order valence-electron chi connectivity index (χ1n) is 6.58. The quantitative estimate of drug-likeness (QED) is 0.904. The summed E-state index contributed by atoms with van der Waals surface area (Å²) in [6.07, 6.45) is 2.31. The van der Waals surface area contributed by atoms with Crippen molar-refractivity contribution in [3.05, 3.63) is 17.1 Å². The number of hydrogen-bond donors (Lipinski definition) is 1. The molecule has 0 amide bonds. The third kappa shape index (κ3) is 1.85. The Morgan fingerprint density at radius 3 is 2.50 bits per heavy atom. The minimum Gasteiger partial charge on any atom is -0.383 e. The van der Waals surface area contributed by atoms with E-state index in [9.17, 15) is 0 Å². The van der Waals surface area contributed by atoms with Gasteiger partial charge >= 0.3 is 0 Å². The van der Waals surface area contributed by atoms with E-state index in [0.29, 0.717) is 11.9 Å². The Hall–Kier alpha value is -1.58. The fraction of sp³-hybridized carbons (Fsp3) is 0.571. The molecule has 2 rings (SSSR count). The van der Waals surface area contributed by atoms with Crippen LogP contribution in [0.4, 0.5) is 5.82 Å². The molecule has 0 saturated heterocycles. The van der Waals surface area contributed by atoms with Crippen molar-refractivity contribution in [2.75, 3.05) is 5.73 Å². The van der Waals surface area contributed by atoms with E-state index in [1.54, 1.807) is 0 Å². The summed E-state index contributed by atoms with van der Waals surface area (Å²) in [5.74, 6) is 1.34. The summed E-state index contributed by atoms with van der Waals surface area (Å²) >= 11 is 0. The average Bonchev–Trinajstić information content (AvgIpc) is 2.51. The van der Waals surface area contributed by atoms with Gasteiger partial charge in [0.2, 0.25) is 0 Å². The molecular formula is C14H22N4. The smallest absolute Gasteiger partial charge is 0.146 e. The number of anilines is 1. The lowest BCUT2D eigenvalue weighted by Gasteiger charge is -2.16. The fourth-order valence-electron chi connectivity index (χ4n) is 2.72. The van der Waals surface area contributed by atoms with Crippen molar-refractivity contribution in [3.63, 3.8) is 0 Å². The molecule has 0 aliphatic heterocycles. The number of fused-ring (bicyclic) bond motifs is 1.